The Labute approximate surface area is 120 Å². The first kappa shape index (κ1) is 16.5. The third-order valence-electron chi connectivity index (χ3n) is 3.11. The van der Waals surface area contributed by atoms with Gasteiger partial charge in [-0.05, 0) is 32.6 Å². The van der Waals surface area contributed by atoms with Gasteiger partial charge in [0.1, 0.15) is 4.90 Å². The second kappa shape index (κ2) is 7.26. The van der Waals surface area contributed by atoms with E-state index >= 15 is 0 Å². The number of alkyl halides is 1. The van der Waals surface area contributed by atoms with Crippen LogP contribution in [-0.2, 0) is 10.0 Å². The van der Waals surface area contributed by atoms with Crippen molar-refractivity contribution in [3.05, 3.63) is 11.4 Å². The number of rotatable bonds is 8. The Morgan fingerprint density at radius 3 is 2.53 bits per heavy atom. The van der Waals surface area contributed by atoms with Gasteiger partial charge < -0.3 is 0 Å². The molecule has 0 aliphatic rings. The van der Waals surface area contributed by atoms with Gasteiger partial charge >= 0.3 is 0 Å². The number of nitrogens with one attached hydrogen (secondary N) is 2. The summed E-state index contributed by atoms with van der Waals surface area (Å²) >= 11 is 5.74. The van der Waals surface area contributed by atoms with Crippen molar-refractivity contribution in [2.24, 2.45) is 5.92 Å². The zero-order valence-electron chi connectivity index (χ0n) is 11.7. The lowest BCUT2D eigenvalue weighted by Gasteiger charge is -2.15. The number of aromatic amines is 1. The molecule has 1 rings (SSSR count). The number of H-pyrrole nitrogens is 1. The van der Waals surface area contributed by atoms with Gasteiger partial charge in [-0.1, -0.05) is 13.3 Å². The summed E-state index contributed by atoms with van der Waals surface area (Å²) in [5, 5.41) is 6.61. The highest BCUT2D eigenvalue weighted by molar-refractivity contribution is 7.89. The minimum absolute atomic E-state index is 0.258. The maximum Gasteiger partial charge on any atom is 0.244 e. The molecule has 19 heavy (non-hydrogen) atoms. The van der Waals surface area contributed by atoms with Gasteiger partial charge in [-0.3, -0.25) is 5.10 Å². The van der Waals surface area contributed by atoms with Crippen LogP contribution in [0.1, 0.15) is 37.6 Å². The van der Waals surface area contributed by atoms with Crippen molar-refractivity contribution in [2.45, 2.75) is 44.9 Å². The first-order valence-corrected chi connectivity index (χ1v) is 8.51. The van der Waals surface area contributed by atoms with Crippen molar-refractivity contribution in [3.8, 4) is 0 Å². The van der Waals surface area contributed by atoms with Crippen LogP contribution in [0.4, 0.5) is 0 Å². The molecule has 1 aromatic rings. The molecule has 0 saturated carbocycles. The fraction of sp³-hybridized carbons (Fsp3) is 0.750. The third-order valence-corrected chi connectivity index (χ3v) is 5.01. The summed E-state index contributed by atoms with van der Waals surface area (Å²) in [6, 6.07) is 0. The lowest BCUT2D eigenvalue weighted by molar-refractivity contribution is 0.457. The van der Waals surface area contributed by atoms with E-state index < -0.39 is 10.0 Å². The Bertz CT molecular complexity index is 474. The van der Waals surface area contributed by atoms with Crippen LogP contribution in [-0.4, -0.2) is 31.0 Å². The fourth-order valence-electron chi connectivity index (χ4n) is 2.15. The summed E-state index contributed by atoms with van der Waals surface area (Å²) in [7, 11) is -3.50. The maximum atomic E-state index is 12.2. The molecule has 0 fully saturated rings. The Morgan fingerprint density at radius 2 is 2.05 bits per heavy atom. The van der Waals surface area contributed by atoms with E-state index in [-0.39, 0.29) is 10.8 Å². The number of aryl methyl sites for hydroxylation is 2. The predicted molar refractivity (Wildman–Crippen MR) is 77.0 cm³/mol. The second-order valence-electron chi connectivity index (χ2n) is 4.75. The van der Waals surface area contributed by atoms with Gasteiger partial charge in [0.15, 0.2) is 0 Å². The largest absolute Gasteiger partial charge is 0.281 e. The number of halogens is 1. The summed E-state index contributed by atoms with van der Waals surface area (Å²) in [5.74, 6) is 0.834. The first-order chi connectivity index (χ1) is 8.92. The molecule has 1 unspecified atom stereocenters. The monoisotopic (exact) mass is 307 g/mol. The zero-order valence-corrected chi connectivity index (χ0v) is 13.2. The van der Waals surface area contributed by atoms with E-state index in [4.69, 9.17) is 11.6 Å². The summed E-state index contributed by atoms with van der Waals surface area (Å²) in [4.78, 5) is 0.258. The highest BCUT2D eigenvalue weighted by Gasteiger charge is 2.22. The molecule has 7 heteroatoms. The average Bonchev–Trinajstić information content (AvgIpc) is 2.67. The molecule has 0 bridgehead atoms. The molecule has 110 valence electrons. The van der Waals surface area contributed by atoms with Crippen molar-refractivity contribution >= 4 is 21.6 Å². The molecule has 0 radical (unpaired) electrons. The van der Waals surface area contributed by atoms with Crippen LogP contribution in [0.3, 0.4) is 0 Å². The van der Waals surface area contributed by atoms with E-state index in [1.54, 1.807) is 13.8 Å². The molecule has 5 nitrogen and oxygen atoms in total. The number of aromatic nitrogens is 2. The van der Waals surface area contributed by atoms with Gasteiger partial charge in [0.25, 0.3) is 0 Å². The van der Waals surface area contributed by atoms with Crippen LogP contribution in [0.25, 0.3) is 0 Å². The van der Waals surface area contributed by atoms with Gasteiger partial charge in [0, 0.05) is 12.4 Å². The van der Waals surface area contributed by atoms with Crippen molar-refractivity contribution in [1.82, 2.24) is 14.9 Å². The van der Waals surface area contributed by atoms with Crippen molar-refractivity contribution < 1.29 is 8.42 Å². The number of hydrogen-bond acceptors (Lipinski definition) is 3. The molecule has 0 aliphatic heterocycles. The summed E-state index contributed by atoms with van der Waals surface area (Å²) < 4.78 is 27.2. The zero-order chi connectivity index (χ0) is 14.5. The molecular formula is C12H22ClN3O2S. The summed E-state index contributed by atoms with van der Waals surface area (Å²) in [5.41, 5.74) is 1.06. The second-order valence-corrected chi connectivity index (χ2v) is 6.83. The maximum absolute atomic E-state index is 12.2. The molecule has 1 aromatic heterocycles. The van der Waals surface area contributed by atoms with Crippen LogP contribution < -0.4 is 4.72 Å². The van der Waals surface area contributed by atoms with Crippen molar-refractivity contribution in [2.75, 3.05) is 12.4 Å². The highest BCUT2D eigenvalue weighted by Crippen LogP contribution is 2.18. The molecule has 2 N–H and O–H groups in total. The van der Waals surface area contributed by atoms with Gasteiger partial charge in [0.05, 0.1) is 11.4 Å². The van der Waals surface area contributed by atoms with E-state index in [1.807, 2.05) is 0 Å². The minimum atomic E-state index is -3.50. The number of nitrogens with zero attached hydrogens (tertiary/aromatic N) is 1. The summed E-state index contributed by atoms with van der Waals surface area (Å²) in [6.45, 7) is 5.89. The standard InChI is InChI=1S/C12H22ClN3O2S/c1-4-5-11(6-7-13)8-14-19(17,18)12-9(2)15-16-10(12)3/h11,14H,4-8H2,1-3H3,(H,15,16). The number of hydrogen-bond donors (Lipinski definition) is 2. The molecule has 0 aliphatic carbocycles. The normalized spacial score (nSPS) is 13.7. The van der Waals surface area contributed by atoms with Crippen LogP contribution in [0.5, 0.6) is 0 Å². The van der Waals surface area contributed by atoms with Crippen LogP contribution in [0.2, 0.25) is 0 Å². The van der Waals surface area contributed by atoms with E-state index in [9.17, 15) is 8.42 Å². The quantitative estimate of drug-likeness (QED) is 0.724. The van der Waals surface area contributed by atoms with E-state index in [2.05, 4.69) is 21.8 Å². The van der Waals surface area contributed by atoms with E-state index in [0.717, 1.165) is 19.3 Å². The van der Waals surface area contributed by atoms with E-state index in [0.29, 0.717) is 23.8 Å². The molecular weight excluding hydrogens is 286 g/mol. The SMILES string of the molecule is CCCC(CCCl)CNS(=O)(=O)c1c(C)n[nH]c1C. The topological polar surface area (TPSA) is 74.8 Å². The number of sulfonamides is 1. The Kier molecular flexibility index (Phi) is 6.29. The van der Waals surface area contributed by atoms with Crippen LogP contribution >= 0.6 is 11.6 Å². The first-order valence-electron chi connectivity index (χ1n) is 6.49. The lowest BCUT2D eigenvalue weighted by Crippen LogP contribution is -2.30. The van der Waals surface area contributed by atoms with Gasteiger partial charge in [0.2, 0.25) is 10.0 Å². The smallest absolute Gasteiger partial charge is 0.244 e. The Morgan fingerprint density at radius 1 is 1.37 bits per heavy atom. The minimum Gasteiger partial charge on any atom is -0.281 e. The molecule has 0 aromatic carbocycles. The predicted octanol–water partition coefficient (Wildman–Crippen LogP) is 2.35. The van der Waals surface area contributed by atoms with Crippen molar-refractivity contribution in [3.63, 3.8) is 0 Å². The average molecular weight is 308 g/mol. The van der Waals surface area contributed by atoms with Crippen LogP contribution in [0, 0.1) is 19.8 Å². The fourth-order valence-corrected chi connectivity index (χ4v) is 3.94. The molecule has 1 atom stereocenters. The van der Waals surface area contributed by atoms with Gasteiger partial charge in [-0.25, -0.2) is 13.1 Å². The molecule has 1 heterocycles. The van der Waals surface area contributed by atoms with Gasteiger partial charge in [-0.2, -0.15) is 5.10 Å². The van der Waals surface area contributed by atoms with E-state index in [1.165, 1.54) is 0 Å². The lowest BCUT2D eigenvalue weighted by atomic mass is 10.0. The van der Waals surface area contributed by atoms with Gasteiger partial charge in [-0.15, -0.1) is 11.6 Å². The Balaban J connectivity index is 2.75. The highest BCUT2D eigenvalue weighted by atomic mass is 35.5. The summed E-state index contributed by atoms with van der Waals surface area (Å²) in [6.07, 6.45) is 2.81. The molecule has 0 saturated heterocycles. The van der Waals surface area contributed by atoms with Crippen LogP contribution in [0.15, 0.2) is 4.90 Å². The molecule has 0 amide bonds. The third kappa shape index (κ3) is 4.47. The Hall–Kier alpha value is -0.590. The van der Waals surface area contributed by atoms with Crippen molar-refractivity contribution in [1.29, 1.82) is 0 Å². The molecule has 0 spiro atoms.